The van der Waals surface area contributed by atoms with Crippen molar-refractivity contribution in [3.05, 3.63) is 23.0 Å². The van der Waals surface area contributed by atoms with Crippen LogP contribution in [0.2, 0.25) is 5.02 Å². The first kappa shape index (κ1) is 13.9. The van der Waals surface area contributed by atoms with Crippen LogP contribution in [-0.2, 0) is 11.3 Å². The van der Waals surface area contributed by atoms with Gasteiger partial charge in [-0.05, 0) is 25.3 Å². The van der Waals surface area contributed by atoms with Crippen molar-refractivity contribution in [2.24, 2.45) is 5.41 Å². The molecule has 1 aliphatic rings. The van der Waals surface area contributed by atoms with E-state index in [1.165, 1.54) is 0 Å². The summed E-state index contributed by atoms with van der Waals surface area (Å²) in [6, 6.07) is 1.60. The lowest BCUT2D eigenvalue weighted by molar-refractivity contribution is -0.143. The minimum absolute atomic E-state index is 0.177. The highest BCUT2D eigenvalue weighted by atomic mass is 35.5. The molecule has 2 rings (SSSR count). The molecule has 1 aromatic rings. The Bertz CT molecular complexity index is 506. The van der Waals surface area contributed by atoms with Crippen LogP contribution in [0.5, 0.6) is 0 Å². The van der Waals surface area contributed by atoms with Gasteiger partial charge in [0.05, 0.1) is 10.4 Å². The number of amides is 1. The predicted molar refractivity (Wildman–Crippen MR) is 71.4 cm³/mol. The van der Waals surface area contributed by atoms with E-state index in [1.807, 2.05) is 6.92 Å². The summed E-state index contributed by atoms with van der Waals surface area (Å²) >= 11 is 5.90. The summed E-state index contributed by atoms with van der Waals surface area (Å²) in [7, 11) is 0. The summed E-state index contributed by atoms with van der Waals surface area (Å²) < 4.78 is 1.79. The van der Waals surface area contributed by atoms with Gasteiger partial charge in [-0.15, -0.1) is 0 Å². The molecule has 0 aliphatic heterocycles. The van der Waals surface area contributed by atoms with Crippen molar-refractivity contribution in [2.45, 2.75) is 32.7 Å². The first-order chi connectivity index (χ1) is 8.98. The molecular weight excluding hydrogens is 268 g/mol. The fourth-order valence-corrected chi connectivity index (χ4v) is 2.27. The van der Waals surface area contributed by atoms with Crippen LogP contribution in [0.15, 0.2) is 12.3 Å². The van der Waals surface area contributed by atoms with Crippen molar-refractivity contribution in [3.63, 3.8) is 0 Å². The molecule has 1 amide bonds. The molecule has 104 valence electrons. The second-order valence-corrected chi connectivity index (χ2v) is 5.44. The Labute approximate surface area is 116 Å². The number of hydrogen-bond donors (Lipinski definition) is 2. The van der Waals surface area contributed by atoms with E-state index in [9.17, 15) is 9.59 Å². The molecule has 0 radical (unpaired) electrons. The van der Waals surface area contributed by atoms with Crippen molar-refractivity contribution < 1.29 is 14.7 Å². The molecule has 6 heteroatoms. The summed E-state index contributed by atoms with van der Waals surface area (Å²) in [5, 5.41) is 12.3. The lowest BCUT2D eigenvalue weighted by atomic mass is 10.1. The number of nitrogens with one attached hydrogen (secondary N) is 1. The molecule has 0 bridgehead atoms. The Morgan fingerprint density at radius 3 is 2.74 bits per heavy atom. The van der Waals surface area contributed by atoms with Crippen molar-refractivity contribution in [1.29, 1.82) is 0 Å². The molecule has 1 fully saturated rings. The lowest BCUT2D eigenvalue weighted by Gasteiger charge is -2.12. The van der Waals surface area contributed by atoms with E-state index in [1.54, 1.807) is 16.8 Å². The van der Waals surface area contributed by atoms with E-state index in [0.29, 0.717) is 30.1 Å². The van der Waals surface area contributed by atoms with E-state index in [2.05, 4.69) is 5.32 Å². The molecule has 0 unspecified atom stereocenters. The number of carbonyl (C=O) groups excluding carboxylic acids is 1. The van der Waals surface area contributed by atoms with Crippen LogP contribution in [0.4, 0.5) is 0 Å². The predicted octanol–water partition coefficient (Wildman–Crippen LogP) is 2.15. The quantitative estimate of drug-likeness (QED) is 0.841. The Hall–Kier alpha value is -1.49. The second kappa shape index (κ2) is 5.25. The van der Waals surface area contributed by atoms with Gasteiger partial charge in [0.1, 0.15) is 5.69 Å². The summed E-state index contributed by atoms with van der Waals surface area (Å²) in [4.78, 5) is 23.1. The van der Waals surface area contributed by atoms with Gasteiger partial charge in [0, 0.05) is 19.3 Å². The third kappa shape index (κ3) is 2.92. The molecule has 1 heterocycles. The second-order valence-electron chi connectivity index (χ2n) is 5.01. The normalized spacial score (nSPS) is 16.1. The third-order valence-corrected chi connectivity index (χ3v) is 3.66. The van der Waals surface area contributed by atoms with E-state index < -0.39 is 11.4 Å². The molecule has 0 spiro atoms. The molecule has 19 heavy (non-hydrogen) atoms. The van der Waals surface area contributed by atoms with E-state index >= 15 is 0 Å². The summed E-state index contributed by atoms with van der Waals surface area (Å²) in [5.41, 5.74) is -0.269. The number of nitrogens with zero attached hydrogens (tertiary/aromatic N) is 1. The molecule has 2 N–H and O–H groups in total. The van der Waals surface area contributed by atoms with Crippen molar-refractivity contribution in [1.82, 2.24) is 9.88 Å². The van der Waals surface area contributed by atoms with Crippen LogP contribution in [0.1, 0.15) is 36.7 Å². The molecule has 1 aliphatic carbocycles. The van der Waals surface area contributed by atoms with Gasteiger partial charge in [-0.2, -0.15) is 0 Å². The molecule has 5 nitrogen and oxygen atoms in total. The maximum atomic E-state index is 12.1. The van der Waals surface area contributed by atoms with Crippen LogP contribution >= 0.6 is 11.6 Å². The minimum atomic E-state index is -0.838. The molecule has 0 aromatic carbocycles. The number of carboxylic acids is 1. The zero-order valence-electron chi connectivity index (χ0n) is 10.8. The van der Waals surface area contributed by atoms with Gasteiger partial charge < -0.3 is 15.0 Å². The van der Waals surface area contributed by atoms with Gasteiger partial charge >= 0.3 is 5.97 Å². The van der Waals surface area contributed by atoms with Crippen LogP contribution in [-0.4, -0.2) is 28.1 Å². The van der Waals surface area contributed by atoms with Crippen molar-refractivity contribution in [3.8, 4) is 0 Å². The maximum Gasteiger partial charge on any atom is 0.311 e. The highest BCUT2D eigenvalue weighted by Crippen LogP contribution is 2.45. The lowest BCUT2D eigenvalue weighted by Crippen LogP contribution is -2.35. The van der Waals surface area contributed by atoms with Crippen molar-refractivity contribution in [2.75, 3.05) is 6.54 Å². The number of carboxylic acid groups (broad SMARTS) is 1. The number of aliphatic carboxylic acids is 1. The monoisotopic (exact) mass is 284 g/mol. The van der Waals surface area contributed by atoms with Gasteiger partial charge in [-0.25, -0.2) is 0 Å². The number of carbonyl (C=O) groups is 2. The molecule has 1 aromatic heterocycles. The fourth-order valence-electron chi connectivity index (χ4n) is 2.05. The minimum Gasteiger partial charge on any atom is -0.481 e. The largest absolute Gasteiger partial charge is 0.481 e. The summed E-state index contributed by atoms with van der Waals surface area (Å²) in [6.45, 7) is 2.90. The smallest absolute Gasteiger partial charge is 0.311 e. The average Bonchev–Trinajstić information content (AvgIpc) is 3.06. The SMILES string of the molecule is CCCn1cc(Cl)cc1C(=O)NCC1(C(=O)O)CC1. The number of halogens is 1. The first-order valence-electron chi connectivity index (χ1n) is 6.36. The topological polar surface area (TPSA) is 71.3 Å². The van der Waals surface area contributed by atoms with E-state index in [4.69, 9.17) is 16.7 Å². The number of rotatable bonds is 6. The molecule has 0 saturated heterocycles. The Morgan fingerprint density at radius 2 is 2.21 bits per heavy atom. The summed E-state index contributed by atoms with van der Waals surface area (Å²) in [6.07, 6.45) is 3.85. The Balaban J connectivity index is 2.02. The zero-order chi connectivity index (χ0) is 14.0. The third-order valence-electron chi connectivity index (χ3n) is 3.45. The van der Waals surface area contributed by atoms with Crippen LogP contribution in [0.25, 0.3) is 0 Å². The van der Waals surface area contributed by atoms with Gasteiger partial charge in [0.2, 0.25) is 0 Å². The van der Waals surface area contributed by atoms with Crippen LogP contribution < -0.4 is 5.32 Å². The first-order valence-corrected chi connectivity index (χ1v) is 6.73. The zero-order valence-corrected chi connectivity index (χ0v) is 11.5. The molecular formula is C13H17ClN2O3. The number of hydrogen-bond acceptors (Lipinski definition) is 2. The van der Waals surface area contributed by atoms with Gasteiger partial charge in [0.25, 0.3) is 5.91 Å². The molecule has 1 saturated carbocycles. The van der Waals surface area contributed by atoms with Crippen LogP contribution in [0.3, 0.4) is 0 Å². The fraction of sp³-hybridized carbons (Fsp3) is 0.538. The van der Waals surface area contributed by atoms with E-state index in [-0.39, 0.29) is 12.5 Å². The molecule has 0 atom stereocenters. The highest BCUT2D eigenvalue weighted by molar-refractivity contribution is 6.31. The summed E-state index contributed by atoms with van der Waals surface area (Å²) in [5.74, 6) is -1.11. The van der Waals surface area contributed by atoms with Crippen molar-refractivity contribution >= 4 is 23.5 Å². The van der Waals surface area contributed by atoms with Gasteiger partial charge in [-0.3, -0.25) is 9.59 Å². The Kier molecular flexibility index (Phi) is 3.85. The maximum absolute atomic E-state index is 12.1. The standard InChI is InChI=1S/C13H17ClN2O3/c1-2-5-16-7-9(14)6-10(16)11(17)15-8-13(3-4-13)12(18)19/h6-7H,2-5,8H2,1H3,(H,15,17)(H,18,19). The van der Waals surface area contributed by atoms with Gasteiger partial charge in [-0.1, -0.05) is 18.5 Å². The average molecular weight is 285 g/mol. The highest BCUT2D eigenvalue weighted by Gasteiger charge is 2.50. The van der Waals surface area contributed by atoms with Crippen LogP contribution in [0, 0.1) is 5.41 Å². The number of aromatic nitrogens is 1. The Morgan fingerprint density at radius 1 is 1.53 bits per heavy atom. The van der Waals surface area contributed by atoms with Gasteiger partial charge in [0.15, 0.2) is 0 Å². The number of aryl methyl sites for hydroxylation is 1. The van der Waals surface area contributed by atoms with E-state index in [0.717, 1.165) is 6.42 Å².